The number of halogens is 2. The highest BCUT2D eigenvalue weighted by Crippen LogP contribution is 2.29. The van der Waals surface area contributed by atoms with E-state index in [2.05, 4.69) is 12.6 Å². The Morgan fingerprint density at radius 2 is 1.26 bits per heavy atom. The van der Waals surface area contributed by atoms with Crippen molar-refractivity contribution in [2.45, 2.75) is 14.0 Å². The molecule has 0 aliphatic heterocycles. The van der Waals surface area contributed by atoms with Crippen LogP contribution in [0.4, 0.5) is 11.4 Å². The molecule has 0 unspecified atom stereocenters. The molecule has 2 rings (SSSR count). The van der Waals surface area contributed by atoms with Crippen LogP contribution >= 0.6 is 47.6 Å². The summed E-state index contributed by atoms with van der Waals surface area (Å²) in [6.07, 6.45) is 0. The van der Waals surface area contributed by atoms with Gasteiger partial charge in [0, 0.05) is 34.1 Å². The average molecular weight is 393 g/mol. The summed E-state index contributed by atoms with van der Waals surface area (Å²) < 4.78 is -0.554. The largest absolute Gasteiger partial charge is 0.269 e. The number of nitrogens with zero attached hydrogens (tertiary/aromatic N) is 2. The fourth-order valence-electron chi connectivity index (χ4n) is 1.32. The van der Waals surface area contributed by atoms with Crippen LogP contribution in [-0.4, -0.2) is 14.0 Å². The number of non-ortho nitro benzene ring substituents is 2. The van der Waals surface area contributed by atoms with Crippen molar-refractivity contribution in [3.05, 3.63) is 68.8 Å². The molecule has 0 fully saturated rings. The van der Waals surface area contributed by atoms with Crippen LogP contribution in [0.5, 0.6) is 0 Å². The summed E-state index contributed by atoms with van der Waals surface area (Å²) in [4.78, 5) is 21.0. The van der Waals surface area contributed by atoms with E-state index in [0.717, 1.165) is 9.79 Å². The maximum absolute atomic E-state index is 10.3. The third-order valence-corrected chi connectivity index (χ3v) is 3.89. The first-order valence-electron chi connectivity index (χ1n) is 5.92. The van der Waals surface area contributed by atoms with E-state index >= 15 is 0 Å². The molecule has 122 valence electrons. The summed E-state index contributed by atoms with van der Waals surface area (Å²) >= 11 is 16.2. The molecule has 6 nitrogen and oxygen atoms in total. The molecule has 0 spiro atoms. The number of thioether (sulfide) groups is 1. The molecule has 0 saturated carbocycles. The summed E-state index contributed by atoms with van der Waals surface area (Å²) in [6, 6.07) is 12.1. The number of benzene rings is 2. The minimum atomic E-state index is -0.554. The zero-order valence-corrected chi connectivity index (χ0v) is 14.6. The topological polar surface area (TPSA) is 86.3 Å². The maximum Gasteiger partial charge on any atom is 0.269 e. The molecule has 2 aromatic carbocycles. The predicted molar refractivity (Wildman–Crippen MR) is 94.8 cm³/mol. The van der Waals surface area contributed by atoms with Crippen molar-refractivity contribution in [2.24, 2.45) is 0 Å². The minimum Gasteiger partial charge on any atom is -0.258 e. The molecule has 0 aliphatic carbocycles. The first-order chi connectivity index (χ1) is 10.8. The molecule has 0 aromatic heterocycles. The quantitative estimate of drug-likeness (QED) is 0.249. The fourth-order valence-corrected chi connectivity index (χ4v) is 2.59. The van der Waals surface area contributed by atoms with Crippen molar-refractivity contribution in [1.82, 2.24) is 0 Å². The molecule has 0 aliphatic rings. The Bertz CT molecular complexity index is 667. The Morgan fingerprint density at radius 3 is 1.61 bits per heavy atom. The summed E-state index contributed by atoms with van der Waals surface area (Å²) in [5, 5.41) is 20.4. The minimum absolute atomic E-state index is 0.0602. The van der Waals surface area contributed by atoms with Crippen molar-refractivity contribution in [1.29, 1.82) is 0 Å². The average Bonchev–Trinajstić information content (AvgIpc) is 2.48. The summed E-state index contributed by atoms with van der Waals surface area (Å²) in [7, 11) is 0. The second kappa shape index (κ2) is 9.61. The number of nitro benzene ring substituents is 2. The van der Waals surface area contributed by atoms with Crippen molar-refractivity contribution in [2.75, 3.05) is 0 Å². The second-order valence-electron chi connectivity index (χ2n) is 3.90. The lowest BCUT2D eigenvalue weighted by Crippen LogP contribution is -1.87. The van der Waals surface area contributed by atoms with Crippen LogP contribution < -0.4 is 0 Å². The number of hydrogen-bond donors (Lipinski definition) is 1. The molecule has 0 bridgehead atoms. The number of hydrogen-bond acceptors (Lipinski definition) is 6. The highest BCUT2D eigenvalue weighted by molar-refractivity contribution is 8.02. The molecule has 0 atom stereocenters. The molecule has 0 amide bonds. The molecule has 10 heteroatoms. The fraction of sp³-hybridized carbons (Fsp3) is 0.0769. The van der Waals surface area contributed by atoms with Crippen LogP contribution in [0.25, 0.3) is 0 Å². The van der Waals surface area contributed by atoms with Crippen molar-refractivity contribution in [3.63, 3.8) is 0 Å². The van der Waals surface area contributed by atoms with E-state index in [9.17, 15) is 20.2 Å². The molecule has 0 saturated heterocycles. The van der Waals surface area contributed by atoms with Gasteiger partial charge in [0.25, 0.3) is 11.4 Å². The van der Waals surface area contributed by atoms with Crippen molar-refractivity contribution in [3.8, 4) is 0 Å². The first kappa shape index (κ1) is 19.6. The maximum atomic E-state index is 10.3. The molecule has 0 N–H and O–H groups in total. The van der Waals surface area contributed by atoms with Crippen LogP contribution in [0.1, 0.15) is 0 Å². The van der Waals surface area contributed by atoms with Gasteiger partial charge in [-0.05, 0) is 24.3 Å². The number of rotatable bonds is 4. The molecule has 0 radical (unpaired) electrons. The van der Waals surface area contributed by atoms with Gasteiger partial charge in [-0.15, -0.1) is 12.6 Å². The third kappa shape index (κ3) is 7.56. The zero-order valence-electron chi connectivity index (χ0n) is 11.3. The standard InChI is InChI=1S/C7H5Cl2NO2S.C6H5NO2S/c8-7(9)13-6-3-1-5(2-4-6)10(11)12;8-7(9)5-1-3-6(10)4-2-5/h1-4,7H;1-4,10H. The molecule has 0 heterocycles. The van der Waals surface area contributed by atoms with Gasteiger partial charge in [0.15, 0.2) is 4.17 Å². The molecule has 23 heavy (non-hydrogen) atoms. The van der Waals surface area contributed by atoms with E-state index in [1.807, 2.05) is 0 Å². The Balaban J connectivity index is 0.000000238. The molecular weight excluding hydrogens is 383 g/mol. The Morgan fingerprint density at radius 1 is 0.870 bits per heavy atom. The van der Waals surface area contributed by atoms with E-state index in [4.69, 9.17) is 23.2 Å². The highest BCUT2D eigenvalue weighted by Gasteiger charge is 2.06. The van der Waals surface area contributed by atoms with Gasteiger partial charge in [0.05, 0.1) is 9.85 Å². The van der Waals surface area contributed by atoms with Crippen molar-refractivity contribution < 1.29 is 9.85 Å². The second-order valence-corrected chi connectivity index (χ2v) is 7.21. The number of nitro groups is 2. The van der Waals surface area contributed by atoms with Gasteiger partial charge >= 0.3 is 0 Å². The van der Waals surface area contributed by atoms with Crippen LogP contribution in [0.15, 0.2) is 58.3 Å². The summed E-state index contributed by atoms with van der Waals surface area (Å²) in [6.45, 7) is 0. The third-order valence-electron chi connectivity index (χ3n) is 2.33. The highest BCUT2D eigenvalue weighted by atomic mass is 35.5. The van der Waals surface area contributed by atoms with Crippen LogP contribution in [0, 0.1) is 20.2 Å². The summed E-state index contributed by atoms with van der Waals surface area (Å²) in [5.41, 5.74) is 0.155. The van der Waals surface area contributed by atoms with Crippen LogP contribution in [-0.2, 0) is 0 Å². The van der Waals surface area contributed by atoms with Gasteiger partial charge in [0.1, 0.15) is 0 Å². The molecular formula is C13H10Cl2N2O4S2. The lowest BCUT2D eigenvalue weighted by atomic mass is 10.3. The van der Waals surface area contributed by atoms with Gasteiger partial charge in [-0.1, -0.05) is 35.0 Å². The zero-order chi connectivity index (χ0) is 17.4. The lowest BCUT2D eigenvalue weighted by Gasteiger charge is -1.99. The molecule has 2 aromatic rings. The van der Waals surface area contributed by atoms with Gasteiger partial charge in [0.2, 0.25) is 0 Å². The Kier molecular flexibility index (Phi) is 8.18. The van der Waals surface area contributed by atoms with E-state index < -0.39 is 14.0 Å². The Labute approximate surface area is 151 Å². The van der Waals surface area contributed by atoms with Gasteiger partial charge < -0.3 is 0 Å². The van der Waals surface area contributed by atoms with E-state index in [1.165, 1.54) is 36.0 Å². The van der Waals surface area contributed by atoms with Gasteiger partial charge in [-0.25, -0.2) is 0 Å². The smallest absolute Gasteiger partial charge is 0.258 e. The van der Waals surface area contributed by atoms with Gasteiger partial charge in [-0.2, -0.15) is 0 Å². The van der Waals surface area contributed by atoms with Crippen molar-refractivity contribution >= 4 is 59.0 Å². The normalized spacial score (nSPS) is 9.91. The monoisotopic (exact) mass is 392 g/mol. The predicted octanol–water partition coefficient (Wildman–Crippen LogP) is 5.33. The first-order valence-corrected chi connectivity index (χ1v) is 8.12. The lowest BCUT2D eigenvalue weighted by molar-refractivity contribution is -0.385. The number of alkyl halides is 2. The Hall–Kier alpha value is -1.48. The van der Waals surface area contributed by atoms with Gasteiger partial charge in [-0.3, -0.25) is 20.2 Å². The van der Waals surface area contributed by atoms with E-state index in [-0.39, 0.29) is 11.4 Å². The van der Waals surface area contributed by atoms with E-state index in [0.29, 0.717) is 0 Å². The number of thiol groups is 1. The van der Waals surface area contributed by atoms with Crippen LogP contribution in [0.3, 0.4) is 0 Å². The SMILES string of the molecule is O=[N+]([O-])c1ccc(S)cc1.O=[N+]([O-])c1ccc(SC(Cl)Cl)cc1. The summed E-state index contributed by atoms with van der Waals surface area (Å²) in [5.74, 6) is 0. The van der Waals surface area contributed by atoms with Crippen LogP contribution in [0.2, 0.25) is 0 Å². The van der Waals surface area contributed by atoms with E-state index in [1.54, 1.807) is 24.3 Å².